The molecule has 0 saturated heterocycles. The Morgan fingerprint density at radius 2 is 1.62 bits per heavy atom. The van der Waals surface area contributed by atoms with Crippen LogP contribution in [0.25, 0.3) is 0 Å². The maximum Gasteiger partial charge on any atom is 0.00617 e. The summed E-state index contributed by atoms with van der Waals surface area (Å²) < 4.78 is 0. The Bertz CT molecular complexity index is 102. The summed E-state index contributed by atoms with van der Waals surface area (Å²) in [5, 5.41) is 6.86. The maximum atomic E-state index is 3.53. The SMILES string of the molecule is CCNCCCCNC(C)C(C)C. The molecule has 0 radical (unpaired) electrons. The molecule has 2 nitrogen and oxygen atoms in total. The van der Waals surface area contributed by atoms with Gasteiger partial charge in [-0.15, -0.1) is 0 Å². The van der Waals surface area contributed by atoms with Crippen molar-refractivity contribution in [1.82, 2.24) is 10.6 Å². The lowest BCUT2D eigenvalue weighted by molar-refractivity contribution is 0.420. The van der Waals surface area contributed by atoms with Gasteiger partial charge in [-0.1, -0.05) is 20.8 Å². The van der Waals surface area contributed by atoms with Gasteiger partial charge in [-0.2, -0.15) is 0 Å². The minimum atomic E-state index is 0.652. The molecule has 0 bridgehead atoms. The van der Waals surface area contributed by atoms with Crippen LogP contribution in [-0.2, 0) is 0 Å². The van der Waals surface area contributed by atoms with E-state index in [0.29, 0.717) is 6.04 Å². The van der Waals surface area contributed by atoms with E-state index in [0.717, 1.165) is 25.6 Å². The molecule has 2 N–H and O–H groups in total. The van der Waals surface area contributed by atoms with Crippen molar-refractivity contribution in [1.29, 1.82) is 0 Å². The first-order chi connectivity index (χ1) is 6.18. The van der Waals surface area contributed by atoms with Gasteiger partial charge < -0.3 is 10.6 Å². The number of hydrogen-bond acceptors (Lipinski definition) is 2. The van der Waals surface area contributed by atoms with E-state index >= 15 is 0 Å². The Hall–Kier alpha value is -0.0800. The van der Waals surface area contributed by atoms with Crippen molar-refractivity contribution in [3.8, 4) is 0 Å². The monoisotopic (exact) mass is 186 g/mol. The fraction of sp³-hybridized carbons (Fsp3) is 1.00. The molecule has 0 rings (SSSR count). The van der Waals surface area contributed by atoms with E-state index in [-0.39, 0.29) is 0 Å². The van der Waals surface area contributed by atoms with Crippen LogP contribution in [0.2, 0.25) is 0 Å². The fourth-order valence-electron chi connectivity index (χ4n) is 1.12. The molecule has 0 aromatic heterocycles. The van der Waals surface area contributed by atoms with Crippen molar-refractivity contribution in [3.63, 3.8) is 0 Å². The number of unbranched alkanes of at least 4 members (excludes halogenated alkanes) is 1. The van der Waals surface area contributed by atoms with Gasteiger partial charge in [0.2, 0.25) is 0 Å². The minimum Gasteiger partial charge on any atom is -0.317 e. The molecular weight excluding hydrogens is 160 g/mol. The summed E-state index contributed by atoms with van der Waals surface area (Å²) in [5.41, 5.74) is 0. The highest BCUT2D eigenvalue weighted by Gasteiger charge is 2.04. The second kappa shape index (κ2) is 8.52. The number of rotatable bonds is 8. The molecule has 0 spiro atoms. The third-order valence-corrected chi connectivity index (χ3v) is 2.50. The third-order valence-electron chi connectivity index (χ3n) is 2.50. The van der Waals surface area contributed by atoms with Gasteiger partial charge >= 0.3 is 0 Å². The van der Waals surface area contributed by atoms with Gasteiger partial charge in [0.15, 0.2) is 0 Å². The summed E-state index contributed by atoms with van der Waals surface area (Å²) in [7, 11) is 0. The largest absolute Gasteiger partial charge is 0.317 e. The average Bonchev–Trinajstić information content (AvgIpc) is 2.10. The topological polar surface area (TPSA) is 24.1 Å². The zero-order chi connectivity index (χ0) is 10.1. The Balaban J connectivity index is 3.07. The van der Waals surface area contributed by atoms with Gasteiger partial charge in [0.25, 0.3) is 0 Å². The van der Waals surface area contributed by atoms with E-state index in [9.17, 15) is 0 Å². The van der Waals surface area contributed by atoms with E-state index in [1.54, 1.807) is 0 Å². The molecule has 1 unspecified atom stereocenters. The summed E-state index contributed by atoms with van der Waals surface area (Å²) in [6.45, 7) is 12.3. The molecule has 0 amide bonds. The molecule has 1 atom stereocenters. The molecule has 0 aliphatic carbocycles. The van der Waals surface area contributed by atoms with Gasteiger partial charge in [0.1, 0.15) is 0 Å². The van der Waals surface area contributed by atoms with E-state index in [1.165, 1.54) is 12.8 Å². The molecule has 0 aromatic rings. The summed E-state index contributed by atoms with van der Waals surface area (Å²) in [5.74, 6) is 0.744. The van der Waals surface area contributed by atoms with E-state index < -0.39 is 0 Å². The lowest BCUT2D eigenvalue weighted by Crippen LogP contribution is -2.31. The van der Waals surface area contributed by atoms with Crippen molar-refractivity contribution in [2.75, 3.05) is 19.6 Å². The molecule has 0 saturated carbocycles. The average molecular weight is 186 g/mol. The first-order valence-electron chi connectivity index (χ1n) is 5.62. The molecular formula is C11H26N2. The van der Waals surface area contributed by atoms with Gasteiger partial charge in [-0.25, -0.2) is 0 Å². The number of hydrogen-bond donors (Lipinski definition) is 2. The lowest BCUT2D eigenvalue weighted by atomic mass is 10.1. The maximum absolute atomic E-state index is 3.53. The summed E-state index contributed by atoms with van der Waals surface area (Å²) >= 11 is 0. The predicted molar refractivity (Wildman–Crippen MR) is 60.1 cm³/mol. The molecule has 13 heavy (non-hydrogen) atoms. The van der Waals surface area contributed by atoms with Crippen molar-refractivity contribution in [2.45, 2.75) is 46.6 Å². The van der Waals surface area contributed by atoms with Crippen LogP contribution in [0.5, 0.6) is 0 Å². The van der Waals surface area contributed by atoms with Crippen LogP contribution in [-0.4, -0.2) is 25.7 Å². The quantitative estimate of drug-likeness (QED) is 0.567. The van der Waals surface area contributed by atoms with Crippen molar-refractivity contribution in [3.05, 3.63) is 0 Å². The summed E-state index contributed by atoms with van der Waals surface area (Å²) in [4.78, 5) is 0. The summed E-state index contributed by atoms with van der Waals surface area (Å²) in [6.07, 6.45) is 2.57. The highest BCUT2D eigenvalue weighted by molar-refractivity contribution is 4.63. The molecule has 0 heterocycles. The third kappa shape index (κ3) is 8.26. The highest BCUT2D eigenvalue weighted by atomic mass is 14.9. The van der Waals surface area contributed by atoms with Crippen molar-refractivity contribution < 1.29 is 0 Å². The Labute approximate surface area is 83.5 Å². The van der Waals surface area contributed by atoms with Crippen LogP contribution >= 0.6 is 0 Å². The molecule has 2 heteroatoms. The van der Waals surface area contributed by atoms with Gasteiger partial charge in [0, 0.05) is 6.04 Å². The van der Waals surface area contributed by atoms with E-state index in [1.807, 2.05) is 0 Å². The number of nitrogens with one attached hydrogen (secondary N) is 2. The zero-order valence-corrected chi connectivity index (χ0v) is 9.69. The normalized spacial score (nSPS) is 13.6. The Kier molecular flexibility index (Phi) is 8.46. The van der Waals surface area contributed by atoms with Gasteiger partial charge in [0.05, 0.1) is 0 Å². The molecule has 0 fully saturated rings. The first-order valence-corrected chi connectivity index (χ1v) is 5.62. The molecule has 0 aliphatic rings. The highest BCUT2D eigenvalue weighted by Crippen LogP contribution is 1.99. The standard InChI is InChI=1S/C11H26N2/c1-5-12-8-6-7-9-13-11(4)10(2)3/h10-13H,5-9H2,1-4H3. The van der Waals surface area contributed by atoms with E-state index in [4.69, 9.17) is 0 Å². The smallest absolute Gasteiger partial charge is 0.00617 e. The van der Waals surface area contributed by atoms with Crippen molar-refractivity contribution in [2.24, 2.45) is 5.92 Å². The van der Waals surface area contributed by atoms with Gasteiger partial charge in [-0.3, -0.25) is 0 Å². The Morgan fingerprint density at radius 3 is 2.15 bits per heavy atom. The second-order valence-electron chi connectivity index (χ2n) is 4.05. The lowest BCUT2D eigenvalue weighted by Gasteiger charge is -2.17. The molecule has 0 aliphatic heterocycles. The molecule has 80 valence electrons. The fourth-order valence-corrected chi connectivity index (χ4v) is 1.12. The Morgan fingerprint density at radius 1 is 1.00 bits per heavy atom. The first kappa shape index (κ1) is 12.9. The zero-order valence-electron chi connectivity index (χ0n) is 9.69. The van der Waals surface area contributed by atoms with Crippen LogP contribution < -0.4 is 10.6 Å². The van der Waals surface area contributed by atoms with Crippen LogP contribution in [0.3, 0.4) is 0 Å². The predicted octanol–water partition coefficient (Wildman–Crippen LogP) is 2.01. The van der Waals surface area contributed by atoms with Crippen LogP contribution in [0.15, 0.2) is 0 Å². The van der Waals surface area contributed by atoms with Crippen LogP contribution in [0, 0.1) is 5.92 Å². The minimum absolute atomic E-state index is 0.652. The second-order valence-corrected chi connectivity index (χ2v) is 4.05. The van der Waals surface area contributed by atoms with Crippen LogP contribution in [0.1, 0.15) is 40.5 Å². The van der Waals surface area contributed by atoms with Crippen molar-refractivity contribution >= 4 is 0 Å². The van der Waals surface area contributed by atoms with E-state index in [2.05, 4.69) is 38.3 Å². The molecule has 0 aromatic carbocycles. The van der Waals surface area contributed by atoms with Crippen LogP contribution in [0.4, 0.5) is 0 Å². The van der Waals surface area contributed by atoms with Gasteiger partial charge in [-0.05, 0) is 45.3 Å². The summed E-state index contributed by atoms with van der Waals surface area (Å²) in [6, 6.07) is 0.652.